The molecule has 0 spiro atoms. The number of hydrogen-bond donors (Lipinski definition) is 1. The Hall–Kier alpha value is -1.89. The molecule has 0 aliphatic carbocycles. The molecule has 0 bridgehead atoms. The van der Waals surface area contributed by atoms with Crippen LogP contribution in [0.15, 0.2) is 16.5 Å². The number of furan rings is 1. The highest BCUT2D eigenvalue weighted by atomic mass is 16.6. The monoisotopic (exact) mass is 256 g/mol. The highest BCUT2D eigenvalue weighted by molar-refractivity contribution is 5.91. The highest BCUT2D eigenvalue weighted by Crippen LogP contribution is 2.15. The molecular formula is C11H16N2O5. The van der Waals surface area contributed by atoms with E-state index in [0.717, 1.165) is 6.07 Å². The molecule has 7 heteroatoms. The number of nitrogens with zero attached hydrogens (tertiary/aromatic N) is 1. The minimum absolute atomic E-state index is 0.0782. The van der Waals surface area contributed by atoms with E-state index in [4.69, 9.17) is 9.15 Å². The average molecular weight is 256 g/mol. The van der Waals surface area contributed by atoms with Gasteiger partial charge in [-0.3, -0.25) is 14.9 Å². The summed E-state index contributed by atoms with van der Waals surface area (Å²) in [5.74, 6) is -0.577. The molecule has 1 amide bonds. The first-order chi connectivity index (χ1) is 8.50. The maximum absolute atomic E-state index is 11.5. The van der Waals surface area contributed by atoms with Crippen LogP contribution >= 0.6 is 0 Å². The maximum atomic E-state index is 11.5. The molecule has 0 unspecified atom stereocenters. The van der Waals surface area contributed by atoms with Crippen LogP contribution in [-0.2, 0) is 4.74 Å². The topological polar surface area (TPSA) is 94.6 Å². The largest absolute Gasteiger partial charge is 0.433 e. The van der Waals surface area contributed by atoms with Crippen LogP contribution in [0.25, 0.3) is 0 Å². The number of hydrogen-bond acceptors (Lipinski definition) is 5. The van der Waals surface area contributed by atoms with Gasteiger partial charge in [0.1, 0.15) is 4.92 Å². The van der Waals surface area contributed by atoms with Gasteiger partial charge in [-0.2, -0.15) is 0 Å². The van der Waals surface area contributed by atoms with Gasteiger partial charge in [0.05, 0.1) is 12.7 Å². The second-order valence-corrected chi connectivity index (χ2v) is 4.12. The average Bonchev–Trinajstić information content (AvgIpc) is 2.77. The Morgan fingerprint density at radius 3 is 2.83 bits per heavy atom. The Morgan fingerprint density at radius 2 is 2.28 bits per heavy atom. The molecule has 0 saturated carbocycles. The Balaban J connectivity index is 2.30. The molecule has 7 nitrogen and oxygen atoms in total. The third-order valence-corrected chi connectivity index (χ3v) is 1.98. The van der Waals surface area contributed by atoms with Crippen molar-refractivity contribution in [1.82, 2.24) is 5.32 Å². The van der Waals surface area contributed by atoms with Gasteiger partial charge < -0.3 is 14.5 Å². The molecule has 100 valence electrons. The van der Waals surface area contributed by atoms with Crippen molar-refractivity contribution in [2.45, 2.75) is 13.8 Å². The Labute approximate surface area is 104 Å². The van der Waals surface area contributed by atoms with E-state index < -0.39 is 16.7 Å². The molecule has 0 aromatic carbocycles. The molecule has 0 aliphatic rings. The van der Waals surface area contributed by atoms with E-state index in [0.29, 0.717) is 25.7 Å². The van der Waals surface area contributed by atoms with Gasteiger partial charge >= 0.3 is 5.88 Å². The molecule has 0 atom stereocenters. The van der Waals surface area contributed by atoms with Crippen molar-refractivity contribution in [3.05, 3.63) is 28.0 Å². The molecule has 1 heterocycles. The van der Waals surface area contributed by atoms with E-state index in [1.54, 1.807) is 0 Å². The van der Waals surface area contributed by atoms with Gasteiger partial charge in [0.2, 0.25) is 0 Å². The zero-order chi connectivity index (χ0) is 13.5. The molecule has 1 aromatic heterocycles. The number of ether oxygens (including phenoxy) is 1. The predicted octanol–water partition coefficient (Wildman–Crippen LogP) is 1.59. The Morgan fingerprint density at radius 1 is 1.56 bits per heavy atom. The minimum atomic E-state index is -0.692. The third kappa shape index (κ3) is 4.54. The van der Waals surface area contributed by atoms with Gasteiger partial charge in [-0.15, -0.1) is 0 Å². The quantitative estimate of drug-likeness (QED) is 0.454. The van der Waals surface area contributed by atoms with Crippen molar-refractivity contribution in [3.63, 3.8) is 0 Å². The van der Waals surface area contributed by atoms with Gasteiger partial charge in [0.25, 0.3) is 5.91 Å². The van der Waals surface area contributed by atoms with Crippen molar-refractivity contribution in [2.24, 2.45) is 5.92 Å². The summed E-state index contributed by atoms with van der Waals surface area (Å²) in [5, 5.41) is 12.9. The van der Waals surface area contributed by atoms with Crippen LogP contribution in [-0.4, -0.2) is 30.6 Å². The van der Waals surface area contributed by atoms with Crippen molar-refractivity contribution < 1.29 is 18.9 Å². The molecule has 1 rings (SSSR count). The summed E-state index contributed by atoms with van der Waals surface area (Å²) in [6.45, 7) is 5.41. The number of carbonyl (C=O) groups is 1. The highest BCUT2D eigenvalue weighted by Gasteiger charge is 2.16. The Kier molecular flexibility index (Phi) is 5.31. The molecule has 1 N–H and O–H groups in total. The number of nitrogens with one attached hydrogen (secondary N) is 1. The lowest BCUT2D eigenvalue weighted by Gasteiger charge is -2.06. The lowest BCUT2D eigenvalue weighted by molar-refractivity contribution is -0.402. The first kappa shape index (κ1) is 14.2. The fourth-order valence-electron chi connectivity index (χ4n) is 1.19. The summed E-state index contributed by atoms with van der Waals surface area (Å²) in [6, 6.07) is 2.41. The fourth-order valence-corrected chi connectivity index (χ4v) is 1.19. The summed E-state index contributed by atoms with van der Waals surface area (Å²) < 4.78 is 10.0. The van der Waals surface area contributed by atoms with Gasteiger partial charge in [0, 0.05) is 13.2 Å². The van der Waals surface area contributed by atoms with Crippen LogP contribution < -0.4 is 5.32 Å². The molecular weight excluding hydrogens is 240 g/mol. The fraction of sp³-hybridized carbons (Fsp3) is 0.545. The lowest BCUT2D eigenvalue weighted by Crippen LogP contribution is -2.27. The third-order valence-electron chi connectivity index (χ3n) is 1.98. The second kappa shape index (κ2) is 6.75. The number of carbonyl (C=O) groups excluding carboxylic acids is 1. The van der Waals surface area contributed by atoms with E-state index in [9.17, 15) is 14.9 Å². The normalized spacial score (nSPS) is 10.6. The van der Waals surface area contributed by atoms with E-state index in [1.165, 1.54) is 6.07 Å². The van der Waals surface area contributed by atoms with E-state index in [-0.39, 0.29) is 5.76 Å². The van der Waals surface area contributed by atoms with E-state index in [2.05, 4.69) is 5.32 Å². The van der Waals surface area contributed by atoms with Crippen LogP contribution in [0.2, 0.25) is 0 Å². The van der Waals surface area contributed by atoms with E-state index in [1.807, 2.05) is 13.8 Å². The summed E-state index contributed by atoms with van der Waals surface area (Å²) in [5.41, 5.74) is 0. The zero-order valence-corrected chi connectivity index (χ0v) is 10.3. The molecule has 0 saturated heterocycles. The smallest absolute Gasteiger partial charge is 0.395 e. The van der Waals surface area contributed by atoms with Gasteiger partial charge in [-0.25, -0.2) is 0 Å². The molecule has 0 aliphatic heterocycles. The Bertz CT molecular complexity index is 413. The van der Waals surface area contributed by atoms with Crippen LogP contribution in [0.5, 0.6) is 0 Å². The van der Waals surface area contributed by atoms with Crippen molar-refractivity contribution in [1.29, 1.82) is 0 Å². The molecule has 18 heavy (non-hydrogen) atoms. The second-order valence-electron chi connectivity index (χ2n) is 4.12. The number of amides is 1. The SMILES string of the molecule is CC(C)COCCNC(=O)c1ccc([N+](=O)[O-])o1. The molecule has 0 fully saturated rings. The predicted molar refractivity (Wildman–Crippen MR) is 63.4 cm³/mol. The minimum Gasteiger partial charge on any atom is -0.395 e. The number of nitro groups is 1. The zero-order valence-electron chi connectivity index (χ0n) is 10.3. The van der Waals surface area contributed by atoms with Gasteiger partial charge in [-0.1, -0.05) is 13.8 Å². The maximum Gasteiger partial charge on any atom is 0.433 e. The van der Waals surface area contributed by atoms with Crippen LogP contribution in [0.3, 0.4) is 0 Å². The summed E-state index contributed by atoms with van der Waals surface area (Å²) in [4.78, 5) is 21.2. The summed E-state index contributed by atoms with van der Waals surface area (Å²) >= 11 is 0. The molecule has 1 aromatic rings. The summed E-state index contributed by atoms with van der Waals surface area (Å²) in [6.07, 6.45) is 0. The summed E-state index contributed by atoms with van der Waals surface area (Å²) in [7, 11) is 0. The van der Waals surface area contributed by atoms with Gasteiger partial charge in [0.15, 0.2) is 5.76 Å². The van der Waals surface area contributed by atoms with E-state index >= 15 is 0 Å². The standard InChI is InChI=1S/C11H16N2O5/c1-8(2)7-17-6-5-12-11(14)9-3-4-10(18-9)13(15)16/h3-4,8H,5-7H2,1-2H3,(H,12,14). The number of rotatable bonds is 7. The van der Waals surface area contributed by atoms with Crippen LogP contribution in [0, 0.1) is 16.0 Å². The first-order valence-electron chi connectivity index (χ1n) is 5.61. The van der Waals surface area contributed by atoms with Crippen LogP contribution in [0.1, 0.15) is 24.4 Å². The van der Waals surface area contributed by atoms with Crippen LogP contribution in [0.4, 0.5) is 5.88 Å². The van der Waals surface area contributed by atoms with Crippen molar-refractivity contribution in [2.75, 3.05) is 19.8 Å². The van der Waals surface area contributed by atoms with Crippen molar-refractivity contribution in [3.8, 4) is 0 Å². The van der Waals surface area contributed by atoms with Crippen molar-refractivity contribution >= 4 is 11.8 Å². The lowest BCUT2D eigenvalue weighted by atomic mass is 10.2. The molecule has 0 radical (unpaired) electrons. The first-order valence-corrected chi connectivity index (χ1v) is 5.61. The van der Waals surface area contributed by atoms with Gasteiger partial charge in [-0.05, 0) is 12.0 Å².